The van der Waals surface area contributed by atoms with E-state index in [0.29, 0.717) is 6.54 Å². The first kappa shape index (κ1) is 13.8. The predicted molar refractivity (Wildman–Crippen MR) is 68.5 cm³/mol. The number of nitrogen functional groups attached to an aromatic ring is 1. The summed E-state index contributed by atoms with van der Waals surface area (Å²) in [6.07, 6.45) is 0. The van der Waals surface area contributed by atoms with Gasteiger partial charge in [-0.15, -0.1) is 0 Å². The summed E-state index contributed by atoms with van der Waals surface area (Å²) in [6.45, 7) is 3.87. The summed E-state index contributed by atoms with van der Waals surface area (Å²) in [5.41, 5.74) is 4.42. The van der Waals surface area contributed by atoms with E-state index in [2.05, 4.69) is 15.6 Å². The van der Waals surface area contributed by atoms with Crippen LogP contribution in [0.1, 0.15) is 13.8 Å². The van der Waals surface area contributed by atoms with Crippen molar-refractivity contribution in [2.45, 2.75) is 19.9 Å². The third-order valence-electron chi connectivity index (χ3n) is 2.47. The molecule has 5 N–H and O–H groups in total. The largest absolute Gasteiger partial charge is 0.383 e. The number of amides is 1. The van der Waals surface area contributed by atoms with Gasteiger partial charge >= 0.3 is 5.69 Å². The first-order valence-electron chi connectivity index (χ1n) is 5.51. The number of anilines is 2. The molecular formula is C10H17N5O3. The van der Waals surface area contributed by atoms with Gasteiger partial charge in [-0.05, 0) is 13.8 Å². The molecule has 1 aromatic rings. The Bertz CT molecular complexity index is 560. The average Bonchev–Trinajstić information content (AvgIpc) is 2.32. The molecule has 0 radical (unpaired) electrons. The zero-order valence-electron chi connectivity index (χ0n) is 10.5. The number of nitrogens with one attached hydrogen (secondary N) is 3. The van der Waals surface area contributed by atoms with Gasteiger partial charge in [0.05, 0.1) is 0 Å². The molecule has 1 rings (SSSR count). The topological polar surface area (TPSA) is 122 Å². The van der Waals surface area contributed by atoms with Crippen LogP contribution in [0.25, 0.3) is 0 Å². The van der Waals surface area contributed by atoms with Crippen LogP contribution < -0.4 is 27.6 Å². The molecule has 8 nitrogen and oxygen atoms in total. The van der Waals surface area contributed by atoms with Crippen LogP contribution in [0.5, 0.6) is 0 Å². The van der Waals surface area contributed by atoms with Gasteiger partial charge in [0.25, 0.3) is 5.56 Å². The smallest absolute Gasteiger partial charge is 0.329 e. The number of hydrogen-bond acceptors (Lipinski definition) is 5. The molecule has 0 spiro atoms. The number of likely N-dealkylation sites (N-methyl/N-ethyl adjacent to an activating group) is 1. The molecule has 0 saturated carbocycles. The maximum absolute atomic E-state index is 11.6. The molecular weight excluding hydrogens is 238 g/mol. The highest BCUT2D eigenvalue weighted by atomic mass is 16.2. The van der Waals surface area contributed by atoms with E-state index >= 15 is 0 Å². The minimum atomic E-state index is -0.647. The van der Waals surface area contributed by atoms with Gasteiger partial charge in [0, 0.05) is 13.6 Å². The van der Waals surface area contributed by atoms with Gasteiger partial charge < -0.3 is 16.4 Å². The number of rotatable bonds is 4. The highest BCUT2D eigenvalue weighted by Crippen LogP contribution is 2.09. The lowest BCUT2D eigenvalue weighted by Gasteiger charge is -2.16. The molecule has 0 aliphatic rings. The van der Waals surface area contributed by atoms with Crippen molar-refractivity contribution in [2.24, 2.45) is 7.05 Å². The number of nitrogens with zero attached hydrogens (tertiary/aromatic N) is 1. The summed E-state index contributed by atoms with van der Waals surface area (Å²) in [6, 6.07) is -0.633. The van der Waals surface area contributed by atoms with Gasteiger partial charge in [-0.1, -0.05) is 0 Å². The molecule has 1 amide bonds. The lowest BCUT2D eigenvalue weighted by molar-refractivity contribution is -0.121. The van der Waals surface area contributed by atoms with Crippen molar-refractivity contribution < 1.29 is 4.79 Å². The van der Waals surface area contributed by atoms with E-state index < -0.39 is 17.3 Å². The van der Waals surface area contributed by atoms with Gasteiger partial charge in [0.15, 0.2) is 0 Å². The Morgan fingerprint density at radius 3 is 2.67 bits per heavy atom. The maximum atomic E-state index is 11.6. The van der Waals surface area contributed by atoms with Crippen molar-refractivity contribution in [3.8, 4) is 0 Å². The van der Waals surface area contributed by atoms with E-state index in [9.17, 15) is 14.4 Å². The van der Waals surface area contributed by atoms with E-state index in [4.69, 9.17) is 5.73 Å². The van der Waals surface area contributed by atoms with E-state index in [0.717, 1.165) is 4.57 Å². The SMILES string of the molecule is CCNC(=O)C(C)Nc1c(N)n(C)c(=O)[nH]c1=O. The van der Waals surface area contributed by atoms with Crippen molar-refractivity contribution in [2.75, 3.05) is 17.6 Å². The summed E-state index contributed by atoms with van der Waals surface area (Å²) in [7, 11) is 1.43. The summed E-state index contributed by atoms with van der Waals surface area (Å²) in [4.78, 5) is 36.5. The molecule has 1 atom stereocenters. The molecule has 0 fully saturated rings. The third-order valence-corrected chi connectivity index (χ3v) is 2.47. The zero-order valence-corrected chi connectivity index (χ0v) is 10.5. The molecule has 1 unspecified atom stereocenters. The van der Waals surface area contributed by atoms with Gasteiger partial charge in [-0.3, -0.25) is 19.1 Å². The number of carbonyl (C=O) groups is 1. The fraction of sp³-hybridized carbons (Fsp3) is 0.500. The molecule has 100 valence electrons. The summed E-state index contributed by atoms with van der Waals surface area (Å²) in [5.74, 6) is -0.273. The Balaban J connectivity index is 3.06. The fourth-order valence-electron chi connectivity index (χ4n) is 1.39. The highest BCUT2D eigenvalue weighted by molar-refractivity contribution is 5.84. The van der Waals surface area contributed by atoms with Crippen LogP contribution in [-0.2, 0) is 11.8 Å². The number of carbonyl (C=O) groups excluding carboxylic acids is 1. The minimum absolute atomic E-state index is 0.0100. The van der Waals surface area contributed by atoms with Crippen LogP contribution >= 0.6 is 0 Å². The second kappa shape index (κ2) is 5.39. The summed E-state index contributed by atoms with van der Waals surface area (Å²) >= 11 is 0. The first-order chi connectivity index (χ1) is 8.38. The third kappa shape index (κ3) is 2.70. The van der Waals surface area contributed by atoms with Crippen LogP contribution in [0.15, 0.2) is 9.59 Å². The average molecular weight is 255 g/mol. The Morgan fingerprint density at radius 2 is 2.11 bits per heavy atom. The number of hydrogen-bond donors (Lipinski definition) is 4. The van der Waals surface area contributed by atoms with Gasteiger partial charge in [0.2, 0.25) is 5.91 Å². The van der Waals surface area contributed by atoms with Gasteiger partial charge in [-0.25, -0.2) is 4.79 Å². The van der Waals surface area contributed by atoms with E-state index in [1.54, 1.807) is 13.8 Å². The predicted octanol–water partition coefficient (Wildman–Crippen LogP) is -1.41. The highest BCUT2D eigenvalue weighted by Gasteiger charge is 2.16. The monoisotopic (exact) mass is 255 g/mol. The van der Waals surface area contributed by atoms with E-state index in [-0.39, 0.29) is 17.4 Å². The summed E-state index contributed by atoms with van der Waals surface area (Å²) in [5, 5.41) is 5.30. The fourth-order valence-corrected chi connectivity index (χ4v) is 1.39. The molecule has 0 saturated heterocycles. The van der Waals surface area contributed by atoms with Gasteiger partial charge in [0.1, 0.15) is 17.5 Å². The molecule has 0 aliphatic heterocycles. The maximum Gasteiger partial charge on any atom is 0.329 e. The van der Waals surface area contributed by atoms with Crippen LogP contribution in [0, 0.1) is 0 Å². The molecule has 8 heteroatoms. The second-order valence-electron chi connectivity index (χ2n) is 3.84. The Labute approximate surface area is 103 Å². The van der Waals surface area contributed by atoms with Crippen LogP contribution in [-0.4, -0.2) is 28.0 Å². The van der Waals surface area contributed by atoms with Crippen molar-refractivity contribution in [3.63, 3.8) is 0 Å². The summed E-state index contributed by atoms with van der Waals surface area (Å²) < 4.78 is 1.09. The number of aromatic amines is 1. The minimum Gasteiger partial charge on any atom is -0.383 e. The number of H-pyrrole nitrogens is 1. The van der Waals surface area contributed by atoms with Crippen molar-refractivity contribution >= 4 is 17.4 Å². The Morgan fingerprint density at radius 1 is 1.50 bits per heavy atom. The number of aromatic nitrogens is 2. The van der Waals surface area contributed by atoms with E-state index in [1.807, 2.05) is 0 Å². The molecule has 0 bridgehead atoms. The molecule has 18 heavy (non-hydrogen) atoms. The lowest BCUT2D eigenvalue weighted by Crippen LogP contribution is -2.40. The molecule has 1 aromatic heterocycles. The van der Waals surface area contributed by atoms with Crippen LogP contribution in [0.2, 0.25) is 0 Å². The number of nitrogens with two attached hydrogens (primary N) is 1. The molecule has 0 aromatic carbocycles. The van der Waals surface area contributed by atoms with E-state index in [1.165, 1.54) is 7.05 Å². The van der Waals surface area contributed by atoms with Crippen LogP contribution in [0.3, 0.4) is 0 Å². The quantitative estimate of drug-likeness (QED) is 0.526. The van der Waals surface area contributed by atoms with Crippen molar-refractivity contribution in [1.82, 2.24) is 14.9 Å². The van der Waals surface area contributed by atoms with Crippen LogP contribution in [0.4, 0.5) is 11.5 Å². The second-order valence-corrected chi connectivity index (χ2v) is 3.84. The lowest BCUT2D eigenvalue weighted by atomic mass is 10.3. The van der Waals surface area contributed by atoms with Crippen molar-refractivity contribution in [1.29, 1.82) is 0 Å². The molecule has 1 heterocycles. The zero-order chi connectivity index (χ0) is 13.9. The van der Waals surface area contributed by atoms with Gasteiger partial charge in [-0.2, -0.15) is 0 Å². The Kier molecular flexibility index (Phi) is 4.13. The Hall–Kier alpha value is -2.25. The standard InChI is InChI=1S/C10H17N5O3/c1-4-12-8(16)5(2)13-6-7(11)15(3)10(18)14-9(6)17/h5,13H,4,11H2,1-3H3,(H,12,16)(H,14,17,18). The molecule has 0 aliphatic carbocycles. The first-order valence-corrected chi connectivity index (χ1v) is 5.51. The van der Waals surface area contributed by atoms with Crippen molar-refractivity contribution in [3.05, 3.63) is 20.8 Å². The normalized spacial score (nSPS) is 11.9.